The molecule has 2 aliphatic rings. The summed E-state index contributed by atoms with van der Waals surface area (Å²) in [5.74, 6) is -4.33. The summed E-state index contributed by atoms with van der Waals surface area (Å²) < 4.78 is 14.0. The van der Waals surface area contributed by atoms with E-state index >= 15 is 0 Å². The van der Waals surface area contributed by atoms with Gasteiger partial charge in [-0.25, -0.2) is 18.6 Å². The molecular weight excluding hydrogens is 1070 g/mol. The van der Waals surface area contributed by atoms with Crippen LogP contribution in [0.5, 0.6) is 0 Å². The molecule has 0 radical (unpaired) electrons. The second kappa shape index (κ2) is 33.7. The third kappa shape index (κ3) is 21.1. The van der Waals surface area contributed by atoms with Crippen molar-refractivity contribution in [3.63, 3.8) is 0 Å². The number of hydrogen-bond donors (Lipinski definition) is 8. The van der Waals surface area contributed by atoms with E-state index in [2.05, 4.69) is 94.8 Å². The fourth-order valence-electron chi connectivity index (χ4n) is 9.49. The van der Waals surface area contributed by atoms with Gasteiger partial charge in [0.1, 0.15) is 12.1 Å². The van der Waals surface area contributed by atoms with Crippen molar-refractivity contribution < 1.29 is 62.9 Å². The third-order valence-electron chi connectivity index (χ3n) is 13.9. The Kier molecular flexibility index (Phi) is 26.6. The number of likely N-dealkylation sites (tertiary alicyclic amines) is 1. The highest BCUT2D eigenvalue weighted by molar-refractivity contribution is 7.85. The Morgan fingerprint density at radius 2 is 1.41 bits per heavy atom. The molecule has 3 unspecified atom stereocenters. The molecule has 1 saturated heterocycles. The molecule has 4 aromatic rings. The quantitative estimate of drug-likeness (QED) is 0.0121. The highest BCUT2D eigenvalue weighted by Crippen LogP contribution is 2.36. The molecule has 0 spiro atoms. The van der Waals surface area contributed by atoms with E-state index in [1.807, 2.05) is 11.4 Å². The number of urea groups is 1. The lowest BCUT2D eigenvalue weighted by Gasteiger charge is -2.32. The molecule has 0 saturated carbocycles. The molecule has 0 aliphatic carbocycles. The fourth-order valence-corrected chi connectivity index (χ4v) is 10.8. The third-order valence-corrected chi connectivity index (χ3v) is 15.4. The lowest BCUT2D eigenvalue weighted by molar-refractivity contribution is -0.236. The number of anilines is 1. The normalized spacial score (nSPS) is 15.0. The van der Waals surface area contributed by atoms with Gasteiger partial charge in [0.25, 0.3) is 11.8 Å². The Bertz CT molecular complexity index is 2890. The van der Waals surface area contributed by atoms with Crippen molar-refractivity contribution in [1.29, 1.82) is 0 Å². The lowest BCUT2D eigenvalue weighted by atomic mass is 9.89. The van der Waals surface area contributed by atoms with Crippen LogP contribution in [0.3, 0.4) is 0 Å². The maximum Gasteiger partial charge on any atom is 0.364 e. The van der Waals surface area contributed by atoms with Crippen LogP contribution in [0.4, 0.5) is 10.5 Å². The average Bonchev–Trinajstić information content (AvgIpc) is 3.58. The van der Waals surface area contributed by atoms with Gasteiger partial charge in [0.05, 0.1) is 44.8 Å². The highest BCUT2D eigenvalue weighted by atomic mass is 32.2. The lowest BCUT2D eigenvalue weighted by Crippen LogP contribution is -2.51. The Labute approximate surface area is 481 Å². The van der Waals surface area contributed by atoms with E-state index in [9.17, 15) is 47.7 Å². The van der Waals surface area contributed by atoms with Gasteiger partial charge in [-0.2, -0.15) is 5.26 Å². The molecule has 440 valence electrons. The summed E-state index contributed by atoms with van der Waals surface area (Å²) in [5.41, 5.74) is 5.20. The number of fused-ring (bicyclic) bond motifs is 2. The minimum atomic E-state index is -1.72. The highest BCUT2D eigenvalue weighted by Gasteiger charge is 2.32. The largest absolute Gasteiger partial charge is 0.481 e. The zero-order valence-electron chi connectivity index (χ0n) is 46.9. The first kappa shape index (κ1) is 64.8. The van der Waals surface area contributed by atoms with E-state index in [1.54, 1.807) is 66.7 Å². The number of aliphatic carboxylic acids is 2. The molecule has 3 atom stereocenters. The summed E-state index contributed by atoms with van der Waals surface area (Å²) >= 11 is 0. The molecule has 2 heterocycles. The Morgan fingerprint density at radius 3 is 2.06 bits per heavy atom. The van der Waals surface area contributed by atoms with E-state index in [0.29, 0.717) is 44.6 Å². The molecule has 21 heteroatoms. The van der Waals surface area contributed by atoms with Crippen molar-refractivity contribution >= 4 is 64.1 Å². The molecular formula is C61H77N7O13S. The molecule has 6 amide bonds. The van der Waals surface area contributed by atoms with E-state index in [-0.39, 0.29) is 62.2 Å². The standard InChI is InChI=1S/C51H63N7O13S.C10H14/c1-3-8-33(4-2)29-35-21-27-57(28-22-35)26-7-23-54-47(63)37-15-18-43-41(31-37)58(48(64)38-9-5-6-10-42(38)72(43)70)32-36-13-11-34(12-14-36)30-45(60)53-25-24-52-44(59)19-16-39(49(65)66)55-51(68)56-40(50(67)71-69)17-20-46(61)62;1-9(2)8-10-6-4-3-5-7-10/h3,5-6,8-15,18,31,35,39-40,69H,1,4,7,16-17,19-30,32H2,2H3,(H,52,59)(H,53,60)(H,54,63)(H,61,62)(H,65,66)(H2,55,56,68);3-7,9H,8H2,1-2H3/b33-8+;. The smallest absolute Gasteiger partial charge is 0.364 e. The van der Waals surface area contributed by atoms with Crippen LogP contribution in [0.1, 0.15) is 116 Å². The molecule has 82 heavy (non-hydrogen) atoms. The Hall–Kier alpha value is -8.01. The zero-order valence-corrected chi connectivity index (χ0v) is 47.7. The SMILES string of the molecule is C=C/C=C(\CC)CC1CCN(CCCNC(=O)c2ccc3c(c2)N(Cc2ccc(CC(=O)NCCNC(=O)CCC(NC(=O)NC(CCC(=O)O)C(=O)OO)C(=O)O)cc2)C(=O)c2ccccc2S3=O)CC1.CC(C)Cc1ccccc1. The van der Waals surface area contributed by atoms with Crippen molar-refractivity contribution in [3.8, 4) is 0 Å². The summed E-state index contributed by atoms with van der Waals surface area (Å²) in [7, 11) is -1.72. The van der Waals surface area contributed by atoms with Crippen LogP contribution in [0.25, 0.3) is 0 Å². The first-order valence-electron chi connectivity index (χ1n) is 27.7. The maximum absolute atomic E-state index is 14.2. The van der Waals surface area contributed by atoms with Crippen LogP contribution in [0.2, 0.25) is 0 Å². The molecule has 8 N–H and O–H groups in total. The van der Waals surface area contributed by atoms with Gasteiger partial charge in [0, 0.05) is 38.0 Å². The molecule has 0 aromatic heterocycles. The minimum Gasteiger partial charge on any atom is -0.481 e. The van der Waals surface area contributed by atoms with Gasteiger partial charge in [-0.3, -0.25) is 28.9 Å². The van der Waals surface area contributed by atoms with E-state index in [0.717, 1.165) is 57.7 Å². The van der Waals surface area contributed by atoms with E-state index < -0.39 is 65.6 Å². The topological polar surface area (TPSA) is 290 Å². The number of hydrogen-bond acceptors (Lipinski definition) is 12. The molecule has 4 aromatic carbocycles. The van der Waals surface area contributed by atoms with Crippen molar-refractivity contribution in [2.45, 2.75) is 120 Å². The number of nitrogens with one attached hydrogen (secondary N) is 5. The van der Waals surface area contributed by atoms with Crippen LogP contribution in [0.15, 0.2) is 131 Å². The first-order valence-corrected chi connectivity index (χ1v) is 28.8. The van der Waals surface area contributed by atoms with Crippen LogP contribution < -0.4 is 31.5 Å². The summed E-state index contributed by atoms with van der Waals surface area (Å²) in [6.07, 6.45) is 8.66. The Morgan fingerprint density at radius 1 is 0.768 bits per heavy atom. The van der Waals surface area contributed by atoms with Crippen LogP contribution >= 0.6 is 0 Å². The molecule has 1 fully saturated rings. The van der Waals surface area contributed by atoms with Gasteiger partial charge in [-0.1, -0.05) is 112 Å². The van der Waals surface area contributed by atoms with Crippen LogP contribution in [-0.4, -0.2) is 123 Å². The molecule has 20 nitrogen and oxygen atoms in total. The second-order valence-electron chi connectivity index (χ2n) is 20.6. The molecule has 6 rings (SSSR count). The van der Waals surface area contributed by atoms with Crippen LogP contribution in [0, 0.1) is 11.8 Å². The Balaban J connectivity index is 0.00000111. The molecule has 2 aliphatic heterocycles. The van der Waals surface area contributed by atoms with E-state index in [4.69, 9.17) is 10.4 Å². The van der Waals surface area contributed by atoms with Gasteiger partial charge in [0.15, 0.2) is 0 Å². The predicted molar refractivity (Wildman–Crippen MR) is 310 cm³/mol. The van der Waals surface area contributed by atoms with Gasteiger partial charge in [-0.05, 0) is 130 Å². The predicted octanol–water partition coefficient (Wildman–Crippen LogP) is 7.20. The van der Waals surface area contributed by atoms with Gasteiger partial charge in [0.2, 0.25) is 11.8 Å². The summed E-state index contributed by atoms with van der Waals surface area (Å²) in [4.78, 5) is 108. The number of piperidine rings is 1. The summed E-state index contributed by atoms with van der Waals surface area (Å²) in [5, 5.41) is 39.3. The minimum absolute atomic E-state index is 0.00104. The summed E-state index contributed by atoms with van der Waals surface area (Å²) in [6.45, 7) is 14.0. The van der Waals surface area contributed by atoms with Crippen molar-refractivity contribution in [1.82, 2.24) is 31.5 Å². The number of allylic oxidation sites excluding steroid dienone is 3. The zero-order chi connectivity index (χ0) is 59.6. The average molecular weight is 1150 g/mol. The van der Waals surface area contributed by atoms with Crippen LogP contribution in [-0.2, 0) is 59.0 Å². The van der Waals surface area contributed by atoms with Gasteiger partial charge >= 0.3 is 23.9 Å². The van der Waals surface area contributed by atoms with Crippen molar-refractivity contribution in [3.05, 3.63) is 149 Å². The monoisotopic (exact) mass is 1150 g/mol. The first-order chi connectivity index (χ1) is 39.4. The van der Waals surface area contributed by atoms with Crippen molar-refractivity contribution in [2.75, 3.05) is 44.2 Å². The fraction of sp³-hybridized carbons (Fsp3) is 0.410. The number of benzene rings is 4. The number of carbonyl (C=O) groups excluding carboxylic acids is 6. The number of carboxylic acids is 2. The summed E-state index contributed by atoms with van der Waals surface area (Å²) in [6, 6.07) is 24.9. The number of nitrogens with zero attached hydrogens (tertiary/aromatic N) is 2. The number of carboxylic acid groups (broad SMARTS) is 2. The van der Waals surface area contributed by atoms with E-state index in [1.165, 1.54) is 22.5 Å². The number of rotatable bonds is 28. The van der Waals surface area contributed by atoms with Gasteiger partial charge < -0.3 is 46.6 Å². The second-order valence-corrected chi connectivity index (χ2v) is 22.0. The molecule has 0 bridgehead atoms. The maximum atomic E-state index is 14.2. The number of amides is 6. The van der Waals surface area contributed by atoms with Gasteiger partial charge in [-0.15, -0.1) is 0 Å². The van der Waals surface area contributed by atoms with Crippen molar-refractivity contribution in [2.24, 2.45) is 11.8 Å². The number of carbonyl (C=O) groups is 8.